The van der Waals surface area contributed by atoms with Gasteiger partial charge in [-0.3, -0.25) is 0 Å². The third-order valence-corrected chi connectivity index (χ3v) is 2.31. The minimum absolute atomic E-state index is 0.0753. The van der Waals surface area contributed by atoms with Crippen LogP contribution in [0, 0.1) is 0 Å². The van der Waals surface area contributed by atoms with Crippen molar-refractivity contribution in [2.75, 3.05) is 39.5 Å². The van der Waals surface area contributed by atoms with Crippen molar-refractivity contribution in [3.63, 3.8) is 0 Å². The average Bonchev–Trinajstić information content (AvgIpc) is 2.46. The summed E-state index contributed by atoms with van der Waals surface area (Å²) in [6.45, 7) is 0.935. The van der Waals surface area contributed by atoms with Gasteiger partial charge in [-0.2, -0.15) is 0 Å². The Kier molecular flexibility index (Phi) is 7.08. The monoisotopic (exact) mass is 282 g/mol. The van der Waals surface area contributed by atoms with Crippen LogP contribution in [0.25, 0.3) is 0 Å². The van der Waals surface area contributed by atoms with Gasteiger partial charge in [0, 0.05) is 12.8 Å². The summed E-state index contributed by atoms with van der Waals surface area (Å²) in [5.74, 6) is -0.461. The Morgan fingerprint density at radius 1 is 1.20 bits per heavy atom. The van der Waals surface area contributed by atoms with E-state index in [1.807, 2.05) is 0 Å². The summed E-state index contributed by atoms with van der Waals surface area (Å²) in [6.07, 6.45) is 0. The van der Waals surface area contributed by atoms with Crippen molar-refractivity contribution in [2.24, 2.45) is 0 Å². The van der Waals surface area contributed by atoms with Crippen LogP contribution in [-0.2, 0) is 14.2 Å². The summed E-state index contributed by atoms with van der Waals surface area (Å²) in [5, 5.41) is 5.09. The number of nitrogens with one attached hydrogen (secondary N) is 2. The molecule has 0 unspecified atom stereocenters. The maximum atomic E-state index is 11.5. The van der Waals surface area contributed by atoms with Crippen molar-refractivity contribution in [3.8, 4) is 0 Å². The van der Waals surface area contributed by atoms with E-state index in [-0.39, 0.29) is 6.73 Å². The van der Waals surface area contributed by atoms with Crippen LogP contribution in [0.2, 0.25) is 0 Å². The van der Waals surface area contributed by atoms with Crippen molar-refractivity contribution < 1.29 is 23.8 Å². The third kappa shape index (κ3) is 5.68. The lowest BCUT2D eigenvalue weighted by atomic mass is 10.2. The molecule has 2 amide bonds. The summed E-state index contributed by atoms with van der Waals surface area (Å²) >= 11 is 0. The van der Waals surface area contributed by atoms with Crippen LogP contribution in [0.1, 0.15) is 10.4 Å². The van der Waals surface area contributed by atoms with Gasteiger partial charge in [0.15, 0.2) is 0 Å². The largest absolute Gasteiger partial charge is 0.465 e. The van der Waals surface area contributed by atoms with Gasteiger partial charge in [-0.05, 0) is 18.2 Å². The molecule has 0 saturated heterocycles. The highest BCUT2D eigenvalue weighted by atomic mass is 16.5. The molecule has 0 aliphatic carbocycles. The van der Waals surface area contributed by atoms with Crippen LogP contribution in [-0.4, -0.2) is 46.2 Å². The molecule has 7 heteroatoms. The molecule has 1 aromatic rings. The second-order valence-electron chi connectivity index (χ2n) is 3.75. The van der Waals surface area contributed by atoms with Gasteiger partial charge in [0.1, 0.15) is 6.73 Å². The molecule has 110 valence electrons. The molecule has 20 heavy (non-hydrogen) atoms. The molecule has 0 aromatic heterocycles. The van der Waals surface area contributed by atoms with Crippen LogP contribution in [0.5, 0.6) is 0 Å². The molecule has 0 atom stereocenters. The van der Waals surface area contributed by atoms with E-state index in [4.69, 9.17) is 9.47 Å². The van der Waals surface area contributed by atoms with Gasteiger partial charge < -0.3 is 24.8 Å². The predicted octanol–water partition coefficient (Wildman–Crippen LogP) is 1.22. The number of carbonyl (C=O) groups excluding carboxylic acids is 2. The minimum Gasteiger partial charge on any atom is -0.465 e. The van der Waals surface area contributed by atoms with E-state index >= 15 is 0 Å². The van der Waals surface area contributed by atoms with Gasteiger partial charge in [-0.25, -0.2) is 9.59 Å². The molecule has 0 fully saturated rings. The number of amides is 2. The van der Waals surface area contributed by atoms with E-state index in [1.54, 1.807) is 25.3 Å². The topological polar surface area (TPSA) is 85.9 Å². The molecule has 1 aromatic carbocycles. The Bertz CT molecular complexity index is 450. The van der Waals surface area contributed by atoms with Gasteiger partial charge in [0.25, 0.3) is 0 Å². The Morgan fingerprint density at radius 3 is 2.70 bits per heavy atom. The summed E-state index contributed by atoms with van der Waals surface area (Å²) in [7, 11) is 2.87. The maximum absolute atomic E-state index is 11.5. The molecular weight excluding hydrogens is 264 g/mol. The Balaban J connectivity index is 2.40. The number of ether oxygens (including phenoxy) is 3. The second-order valence-corrected chi connectivity index (χ2v) is 3.75. The number of anilines is 1. The molecule has 1 rings (SSSR count). The molecule has 2 N–H and O–H groups in total. The molecule has 0 spiro atoms. The number of methoxy groups -OCH3 is 2. The predicted molar refractivity (Wildman–Crippen MR) is 72.6 cm³/mol. The lowest BCUT2D eigenvalue weighted by molar-refractivity contribution is 0.0600. The van der Waals surface area contributed by atoms with Gasteiger partial charge in [-0.15, -0.1) is 0 Å². The zero-order chi connectivity index (χ0) is 14.8. The third-order valence-electron chi connectivity index (χ3n) is 2.31. The first-order valence-electron chi connectivity index (χ1n) is 5.97. The number of hydrogen-bond acceptors (Lipinski definition) is 5. The Hall–Kier alpha value is -2.12. The molecule has 0 bridgehead atoms. The normalized spacial score (nSPS) is 9.90. The van der Waals surface area contributed by atoms with Gasteiger partial charge in [-0.1, -0.05) is 6.07 Å². The lowest BCUT2D eigenvalue weighted by Crippen LogP contribution is -2.31. The van der Waals surface area contributed by atoms with Crippen LogP contribution in [0.4, 0.5) is 10.5 Å². The number of urea groups is 1. The second kappa shape index (κ2) is 8.89. The van der Waals surface area contributed by atoms with E-state index in [2.05, 4.69) is 15.4 Å². The maximum Gasteiger partial charge on any atom is 0.337 e. The summed E-state index contributed by atoms with van der Waals surface area (Å²) in [5.41, 5.74) is 0.851. The SMILES string of the molecule is COCCOCNC(=O)Nc1cccc(C(=O)OC)c1. The summed E-state index contributed by atoms with van der Waals surface area (Å²) in [4.78, 5) is 22.9. The van der Waals surface area contributed by atoms with E-state index in [1.165, 1.54) is 13.2 Å². The first-order valence-corrected chi connectivity index (χ1v) is 5.97. The standard InChI is InChI=1S/C13H18N2O5/c1-18-6-7-20-9-14-13(17)15-11-5-3-4-10(8-11)12(16)19-2/h3-5,8H,6-7,9H2,1-2H3,(H2,14,15,17). The molecule has 0 heterocycles. The van der Waals surface area contributed by atoms with E-state index in [0.717, 1.165) is 0 Å². The molecule has 0 saturated carbocycles. The van der Waals surface area contributed by atoms with Gasteiger partial charge in [0.2, 0.25) is 0 Å². The number of rotatable bonds is 7. The minimum atomic E-state index is -0.461. The lowest BCUT2D eigenvalue weighted by Gasteiger charge is -2.09. The number of carbonyl (C=O) groups is 2. The fourth-order valence-corrected chi connectivity index (χ4v) is 1.35. The van der Waals surface area contributed by atoms with E-state index in [9.17, 15) is 9.59 Å². The molecular formula is C13H18N2O5. The van der Waals surface area contributed by atoms with Crippen molar-refractivity contribution in [1.29, 1.82) is 0 Å². The smallest absolute Gasteiger partial charge is 0.337 e. The van der Waals surface area contributed by atoms with Crippen LogP contribution in [0.3, 0.4) is 0 Å². The Morgan fingerprint density at radius 2 is 2.00 bits per heavy atom. The average molecular weight is 282 g/mol. The van der Waals surface area contributed by atoms with Crippen molar-refractivity contribution in [1.82, 2.24) is 5.32 Å². The highest BCUT2D eigenvalue weighted by Gasteiger charge is 2.07. The van der Waals surface area contributed by atoms with Crippen molar-refractivity contribution >= 4 is 17.7 Å². The zero-order valence-electron chi connectivity index (χ0n) is 11.5. The first-order chi connectivity index (χ1) is 9.67. The fourth-order valence-electron chi connectivity index (χ4n) is 1.35. The zero-order valence-corrected chi connectivity index (χ0v) is 11.5. The summed E-state index contributed by atoms with van der Waals surface area (Å²) in [6, 6.07) is 6.01. The molecule has 0 radical (unpaired) electrons. The van der Waals surface area contributed by atoms with Crippen LogP contribution >= 0.6 is 0 Å². The first kappa shape index (κ1) is 15.9. The van der Waals surface area contributed by atoms with Crippen molar-refractivity contribution in [2.45, 2.75) is 0 Å². The fraction of sp³-hybridized carbons (Fsp3) is 0.385. The number of benzene rings is 1. The number of esters is 1. The molecule has 0 aliphatic rings. The van der Waals surface area contributed by atoms with E-state index in [0.29, 0.717) is 24.5 Å². The highest BCUT2D eigenvalue weighted by molar-refractivity contribution is 5.93. The quantitative estimate of drug-likeness (QED) is 0.446. The van der Waals surface area contributed by atoms with Gasteiger partial charge in [0.05, 0.1) is 25.9 Å². The van der Waals surface area contributed by atoms with Crippen molar-refractivity contribution in [3.05, 3.63) is 29.8 Å². The Labute approximate surface area is 117 Å². The number of hydrogen-bond donors (Lipinski definition) is 2. The van der Waals surface area contributed by atoms with Gasteiger partial charge >= 0.3 is 12.0 Å². The molecule has 7 nitrogen and oxygen atoms in total. The van der Waals surface area contributed by atoms with E-state index < -0.39 is 12.0 Å². The molecule has 0 aliphatic heterocycles. The van der Waals surface area contributed by atoms with Crippen LogP contribution in [0.15, 0.2) is 24.3 Å². The summed E-state index contributed by atoms with van der Waals surface area (Å²) < 4.78 is 14.5. The van der Waals surface area contributed by atoms with Crippen LogP contribution < -0.4 is 10.6 Å². The highest BCUT2D eigenvalue weighted by Crippen LogP contribution is 2.11.